The molecule has 0 bridgehead atoms. The van der Waals surface area contributed by atoms with Crippen LogP contribution in [0.25, 0.3) is 10.8 Å². The van der Waals surface area contributed by atoms with Crippen molar-refractivity contribution in [2.45, 2.75) is 6.42 Å². The third kappa shape index (κ3) is 4.16. The number of rotatable bonds is 5. The summed E-state index contributed by atoms with van der Waals surface area (Å²) in [7, 11) is 0. The molecule has 8 nitrogen and oxygen atoms in total. The van der Waals surface area contributed by atoms with Gasteiger partial charge in [0.15, 0.2) is 6.61 Å². The third-order valence-electron chi connectivity index (χ3n) is 3.77. The molecule has 0 fully saturated rings. The first kappa shape index (κ1) is 17.8. The summed E-state index contributed by atoms with van der Waals surface area (Å²) >= 11 is 0. The van der Waals surface area contributed by atoms with Crippen LogP contribution in [0.1, 0.15) is 11.3 Å². The average Bonchev–Trinajstić information content (AvgIpc) is 2.69. The first-order chi connectivity index (χ1) is 13.1. The van der Waals surface area contributed by atoms with Gasteiger partial charge in [-0.3, -0.25) is 14.4 Å². The highest BCUT2D eigenvalue weighted by atomic mass is 16.5. The van der Waals surface area contributed by atoms with Crippen molar-refractivity contribution >= 4 is 28.3 Å². The molecular weight excluding hydrogens is 348 g/mol. The van der Waals surface area contributed by atoms with E-state index >= 15 is 0 Å². The summed E-state index contributed by atoms with van der Waals surface area (Å²) in [5.74, 6) is -1.23. The Labute approximate surface area is 153 Å². The highest BCUT2D eigenvalue weighted by molar-refractivity contribution is 5.94. The van der Waals surface area contributed by atoms with Gasteiger partial charge in [0.05, 0.1) is 28.8 Å². The van der Waals surface area contributed by atoms with Crippen LogP contribution in [-0.4, -0.2) is 28.7 Å². The molecule has 0 saturated carbocycles. The fourth-order valence-electron chi connectivity index (χ4n) is 2.52. The molecular formula is C19H14N4O4. The number of para-hydroxylation sites is 1. The van der Waals surface area contributed by atoms with Crippen molar-refractivity contribution in [3.63, 3.8) is 0 Å². The third-order valence-corrected chi connectivity index (χ3v) is 3.77. The number of aromatic amines is 1. The molecule has 2 N–H and O–H groups in total. The molecule has 2 aromatic carbocycles. The molecule has 1 amide bonds. The number of carbonyl (C=O) groups excluding carboxylic acids is 2. The molecule has 134 valence electrons. The molecule has 0 atom stereocenters. The predicted molar refractivity (Wildman–Crippen MR) is 96.8 cm³/mol. The summed E-state index contributed by atoms with van der Waals surface area (Å²) in [5.41, 5.74) is 0.652. The van der Waals surface area contributed by atoms with Crippen LogP contribution in [-0.2, 0) is 20.7 Å². The van der Waals surface area contributed by atoms with E-state index in [0.29, 0.717) is 27.7 Å². The maximum atomic E-state index is 12.0. The topological polar surface area (TPSA) is 125 Å². The van der Waals surface area contributed by atoms with Gasteiger partial charge in [-0.15, -0.1) is 0 Å². The number of esters is 1. The fraction of sp³-hybridized carbons (Fsp3) is 0.105. The van der Waals surface area contributed by atoms with E-state index in [9.17, 15) is 14.4 Å². The van der Waals surface area contributed by atoms with Gasteiger partial charge in [-0.1, -0.05) is 30.3 Å². The van der Waals surface area contributed by atoms with E-state index in [1.165, 1.54) is 0 Å². The zero-order valence-electron chi connectivity index (χ0n) is 14.1. The maximum Gasteiger partial charge on any atom is 0.312 e. The Morgan fingerprint density at radius 2 is 1.81 bits per heavy atom. The molecule has 3 aromatic rings. The maximum absolute atomic E-state index is 12.0. The molecule has 0 aliphatic heterocycles. The fourth-order valence-corrected chi connectivity index (χ4v) is 2.52. The van der Waals surface area contributed by atoms with E-state index in [2.05, 4.69) is 15.5 Å². The summed E-state index contributed by atoms with van der Waals surface area (Å²) in [6.07, 6.45) is -0.195. The number of hydrogen-bond donors (Lipinski definition) is 2. The van der Waals surface area contributed by atoms with Crippen molar-refractivity contribution in [3.05, 3.63) is 70.1 Å². The minimum Gasteiger partial charge on any atom is -0.455 e. The van der Waals surface area contributed by atoms with Gasteiger partial charge in [0, 0.05) is 5.39 Å². The summed E-state index contributed by atoms with van der Waals surface area (Å²) in [5, 5.41) is 18.7. The molecule has 27 heavy (non-hydrogen) atoms. The van der Waals surface area contributed by atoms with Gasteiger partial charge in [-0.25, -0.2) is 5.10 Å². The Kier molecular flexibility index (Phi) is 5.23. The molecule has 3 rings (SSSR count). The van der Waals surface area contributed by atoms with E-state index in [1.807, 2.05) is 6.07 Å². The number of carbonyl (C=O) groups is 2. The lowest BCUT2D eigenvalue weighted by Crippen LogP contribution is -2.22. The van der Waals surface area contributed by atoms with Crippen LogP contribution < -0.4 is 10.9 Å². The number of amides is 1. The number of nitrogens with zero attached hydrogens (tertiary/aromatic N) is 2. The first-order valence-corrected chi connectivity index (χ1v) is 7.99. The minimum atomic E-state index is -0.663. The molecule has 1 aromatic heterocycles. The van der Waals surface area contributed by atoms with E-state index in [4.69, 9.17) is 10.00 Å². The SMILES string of the molecule is N#Cc1ccccc1NC(=O)COC(=O)Cc1n[nH]c(=O)c2ccccc12. The van der Waals surface area contributed by atoms with Crippen LogP contribution in [0, 0.1) is 11.3 Å². The van der Waals surface area contributed by atoms with Gasteiger partial charge in [0.25, 0.3) is 11.5 Å². The molecule has 0 aliphatic rings. The van der Waals surface area contributed by atoms with Gasteiger partial charge in [-0.05, 0) is 18.2 Å². The van der Waals surface area contributed by atoms with E-state index in [-0.39, 0.29) is 12.0 Å². The van der Waals surface area contributed by atoms with E-state index in [0.717, 1.165) is 0 Å². The Balaban J connectivity index is 1.62. The Hall–Kier alpha value is -3.99. The van der Waals surface area contributed by atoms with Crippen LogP contribution >= 0.6 is 0 Å². The van der Waals surface area contributed by atoms with Crippen molar-refractivity contribution in [3.8, 4) is 6.07 Å². The molecule has 0 saturated heterocycles. The number of H-pyrrole nitrogens is 1. The molecule has 0 spiro atoms. The van der Waals surface area contributed by atoms with Gasteiger partial charge in [0.2, 0.25) is 0 Å². The van der Waals surface area contributed by atoms with Crippen molar-refractivity contribution in [2.75, 3.05) is 11.9 Å². The van der Waals surface area contributed by atoms with Crippen molar-refractivity contribution < 1.29 is 14.3 Å². The summed E-state index contributed by atoms with van der Waals surface area (Å²) in [6.45, 7) is -0.500. The van der Waals surface area contributed by atoms with Crippen LogP contribution in [0.15, 0.2) is 53.3 Å². The van der Waals surface area contributed by atoms with Crippen LogP contribution in [0.4, 0.5) is 5.69 Å². The van der Waals surface area contributed by atoms with Crippen molar-refractivity contribution in [2.24, 2.45) is 0 Å². The zero-order valence-corrected chi connectivity index (χ0v) is 14.1. The number of fused-ring (bicyclic) bond motifs is 1. The number of aromatic nitrogens is 2. The van der Waals surface area contributed by atoms with Crippen LogP contribution in [0.2, 0.25) is 0 Å². The highest BCUT2D eigenvalue weighted by Crippen LogP contribution is 2.14. The molecule has 0 unspecified atom stereocenters. The van der Waals surface area contributed by atoms with Crippen molar-refractivity contribution in [1.29, 1.82) is 5.26 Å². The normalized spacial score (nSPS) is 10.2. The number of nitriles is 1. The van der Waals surface area contributed by atoms with E-state index < -0.39 is 18.5 Å². The molecule has 8 heteroatoms. The molecule has 1 heterocycles. The number of nitrogens with one attached hydrogen (secondary N) is 2. The van der Waals surface area contributed by atoms with Crippen LogP contribution in [0.3, 0.4) is 0 Å². The van der Waals surface area contributed by atoms with Crippen LogP contribution in [0.5, 0.6) is 0 Å². The summed E-state index contributed by atoms with van der Waals surface area (Å²) in [6, 6.07) is 15.2. The summed E-state index contributed by atoms with van der Waals surface area (Å²) in [4.78, 5) is 35.7. The second-order valence-electron chi connectivity index (χ2n) is 5.59. The van der Waals surface area contributed by atoms with E-state index in [1.54, 1.807) is 48.5 Å². The second-order valence-corrected chi connectivity index (χ2v) is 5.59. The zero-order chi connectivity index (χ0) is 19.2. The molecule has 0 radical (unpaired) electrons. The standard InChI is InChI=1S/C19H14N4O4/c20-10-12-5-1-4-8-15(12)21-17(24)11-27-18(25)9-16-13-6-2-3-7-14(13)19(26)23-22-16/h1-8H,9,11H2,(H,21,24)(H,23,26). The largest absolute Gasteiger partial charge is 0.455 e. The van der Waals surface area contributed by atoms with Gasteiger partial charge in [0.1, 0.15) is 6.07 Å². The monoisotopic (exact) mass is 362 g/mol. The first-order valence-electron chi connectivity index (χ1n) is 7.99. The van der Waals surface area contributed by atoms with Crippen molar-refractivity contribution in [1.82, 2.24) is 10.2 Å². The molecule has 0 aliphatic carbocycles. The smallest absolute Gasteiger partial charge is 0.312 e. The predicted octanol–water partition coefficient (Wildman–Crippen LogP) is 1.52. The Morgan fingerprint density at radius 1 is 1.11 bits per heavy atom. The highest BCUT2D eigenvalue weighted by Gasteiger charge is 2.14. The minimum absolute atomic E-state index is 0.195. The van der Waals surface area contributed by atoms with Gasteiger partial charge < -0.3 is 10.1 Å². The van der Waals surface area contributed by atoms with Gasteiger partial charge >= 0.3 is 5.97 Å². The Bertz CT molecular complexity index is 1110. The lowest BCUT2D eigenvalue weighted by Gasteiger charge is -2.08. The average molecular weight is 362 g/mol. The number of anilines is 1. The number of benzene rings is 2. The number of hydrogen-bond acceptors (Lipinski definition) is 6. The second kappa shape index (κ2) is 7.93. The Morgan fingerprint density at radius 3 is 2.59 bits per heavy atom. The quantitative estimate of drug-likeness (QED) is 0.663. The summed E-state index contributed by atoms with van der Waals surface area (Å²) < 4.78 is 4.97. The lowest BCUT2D eigenvalue weighted by molar-refractivity contribution is -0.146. The number of ether oxygens (including phenoxy) is 1. The van der Waals surface area contributed by atoms with Gasteiger partial charge in [-0.2, -0.15) is 10.4 Å². The lowest BCUT2D eigenvalue weighted by atomic mass is 10.1.